The molecule has 32 heavy (non-hydrogen) atoms. The lowest BCUT2D eigenvalue weighted by molar-refractivity contribution is -0.284. The fourth-order valence-electron chi connectivity index (χ4n) is 2.68. The molecular weight excluding hydrogens is 501 g/mol. The van der Waals surface area contributed by atoms with Crippen molar-refractivity contribution in [1.29, 1.82) is 0 Å². The molecule has 15 nitrogen and oxygen atoms in total. The van der Waals surface area contributed by atoms with Crippen molar-refractivity contribution in [2.45, 2.75) is 50.5 Å². The Bertz CT molecular complexity index is 705. The van der Waals surface area contributed by atoms with Gasteiger partial charge in [0.2, 0.25) is 0 Å². The Morgan fingerprint density at radius 1 is 0.812 bits per heavy atom. The molecule has 1 fully saturated rings. The molecule has 0 aromatic heterocycles. The average molecular weight is 532 g/mol. The lowest BCUT2D eigenvalue weighted by atomic mass is 9.99. The summed E-state index contributed by atoms with van der Waals surface area (Å²) in [5.74, 6) is 0. The van der Waals surface area contributed by atoms with Gasteiger partial charge in [-0.1, -0.05) is 13.3 Å². The minimum Gasteiger partial charge on any atom is -0.384 e. The number of hydrogen-bond donors (Lipinski definition) is 6. The van der Waals surface area contributed by atoms with E-state index in [1.165, 1.54) is 0 Å². The van der Waals surface area contributed by atoms with Gasteiger partial charge < -0.3 is 44.2 Å². The smallest absolute Gasteiger partial charge is 0.353 e. The third kappa shape index (κ3) is 9.46. The second-order valence-electron chi connectivity index (χ2n) is 6.75. The van der Waals surface area contributed by atoms with E-state index in [-0.39, 0.29) is 13.2 Å². The maximum absolute atomic E-state index is 12.1. The molecule has 0 aromatic rings. The molecule has 192 valence electrons. The maximum atomic E-state index is 12.1. The van der Waals surface area contributed by atoms with Gasteiger partial charge in [0.05, 0.1) is 6.61 Å². The third-order valence-corrected chi connectivity index (χ3v) is 6.93. The van der Waals surface area contributed by atoms with Gasteiger partial charge in [-0.15, -0.1) is 0 Å². The van der Waals surface area contributed by atoms with E-state index in [9.17, 15) is 28.4 Å². The van der Waals surface area contributed by atoms with Crippen LogP contribution < -0.4 is 0 Å². The summed E-state index contributed by atoms with van der Waals surface area (Å²) in [6.45, 7) is 1.87. The molecule has 0 aliphatic carbocycles. The Hall–Kier alpha value is 0.210. The summed E-state index contributed by atoms with van der Waals surface area (Å²) in [6.07, 6.45) is -11.0. The first kappa shape index (κ1) is 30.2. The molecule has 1 aliphatic heterocycles. The predicted octanol–water partition coefficient (Wildman–Crippen LogP) is -0.264. The first-order valence-corrected chi connectivity index (χ1v) is 14.7. The van der Waals surface area contributed by atoms with Crippen LogP contribution in [0.1, 0.15) is 19.8 Å². The van der Waals surface area contributed by atoms with E-state index < -0.39 is 72.5 Å². The van der Waals surface area contributed by atoms with E-state index in [0.29, 0.717) is 6.42 Å². The predicted molar refractivity (Wildman–Crippen MR) is 107 cm³/mol. The van der Waals surface area contributed by atoms with Gasteiger partial charge in [0.25, 0.3) is 0 Å². The Morgan fingerprint density at radius 3 is 1.72 bits per heavy atom. The molecule has 18 heteroatoms. The SMILES string of the molecule is CCCCOC[C@H]1OC(OC)[C@H](OP(=O)(O)CO)[C@@H](OP(=O)(O)CO)[C@@H]1OP(=O)(O)CO. The van der Waals surface area contributed by atoms with Crippen LogP contribution in [-0.2, 0) is 41.5 Å². The Kier molecular flexibility index (Phi) is 12.6. The van der Waals surface area contributed by atoms with Crippen molar-refractivity contribution in [2.24, 2.45) is 0 Å². The molecule has 8 atom stereocenters. The van der Waals surface area contributed by atoms with Gasteiger partial charge in [-0.05, 0) is 6.42 Å². The number of rotatable bonds is 15. The number of ether oxygens (including phenoxy) is 3. The van der Waals surface area contributed by atoms with Crippen LogP contribution in [0.15, 0.2) is 0 Å². The summed E-state index contributed by atoms with van der Waals surface area (Å²) in [5.41, 5.74) is 0. The summed E-state index contributed by atoms with van der Waals surface area (Å²) < 4.78 is 67.2. The van der Waals surface area contributed by atoms with E-state index in [4.69, 9.17) is 43.1 Å². The summed E-state index contributed by atoms with van der Waals surface area (Å²) in [6, 6.07) is 0. The molecule has 0 amide bonds. The Morgan fingerprint density at radius 2 is 1.28 bits per heavy atom. The Balaban J connectivity index is 3.41. The van der Waals surface area contributed by atoms with Gasteiger partial charge in [-0.3, -0.25) is 27.3 Å². The van der Waals surface area contributed by atoms with Gasteiger partial charge in [0, 0.05) is 13.7 Å². The topological polar surface area (TPSA) is 228 Å². The van der Waals surface area contributed by atoms with E-state index in [1.807, 2.05) is 6.92 Å². The van der Waals surface area contributed by atoms with Crippen LogP contribution in [0.4, 0.5) is 0 Å². The number of aliphatic hydroxyl groups is 3. The van der Waals surface area contributed by atoms with E-state index in [2.05, 4.69) is 0 Å². The van der Waals surface area contributed by atoms with Crippen LogP contribution in [0.25, 0.3) is 0 Å². The number of hydrogen-bond acceptors (Lipinski definition) is 12. The normalized spacial score (nSPS) is 32.1. The van der Waals surface area contributed by atoms with Crippen molar-refractivity contribution < 1.29 is 71.5 Å². The van der Waals surface area contributed by atoms with Crippen molar-refractivity contribution in [3.05, 3.63) is 0 Å². The van der Waals surface area contributed by atoms with E-state index >= 15 is 0 Å². The second-order valence-corrected chi connectivity index (χ2v) is 12.1. The second kappa shape index (κ2) is 13.3. The van der Waals surface area contributed by atoms with Crippen LogP contribution >= 0.6 is 22.8 Å². The lowest BCUT2D eigenvalue weighted by Crippen LogP contribution is -2.61. The summed E-state index contributed by atoms with van der Waals surface area (Å²) >= 11 is 0. The molecule has 6 N–H and O–H groups in total. The molecule has 1 rings (SSSR count). The zero-order chi connectivity index (χ0) is 24.6. The lowest BCUT2D eigenvalue weighted by Gasteiger charge is -2.45. The molecule has 1 heterocycles. The van der Waals surface area contributed by atoms with E-state index in [1.54, 1.807) is 0 Å². The van der Waals surface area contributed by atoms with Crippen LogP contribution in [-0.4, -0.2) is 100 Å². The van der Waals surface area contributed by atoms with Crippen molar-refractivity contribution >= 4 is 22.8 Å². The van der Waals surface area contributed by atoms with Gasteiger partial charge in [-0.25, -0.2) is 0 Å². The average Bonchev–Trinajstić information content (AvgIpc) is 2.74. The van der Waals surface area contributed by atoms with Gasteiger partial charge in [-0.2, -0.15) is 0 Å². The molecular formula is C14H31O15P3. The first-order chi connectivity index (χ1) is 14.8. The zero-order valence-corrected chi connectivity index (χ0v) is 20.2. The Labute approximate surface area is 184 Å². The van der Waals surface area contributed by atoms with Gasteiger partial charge >= 0.3 is 22.8 Å². The molecule has 1 saturated heterocycles. The third-order valence-electron chi connectivity index (χ3n) is 4.14. The molecule has 0 saturated carbocycles. The van der Waals surface area contributed by atoms with Crippen LogP contribution in [0.5, 0.6) is 0 Å². The van der Waals surface area contributed by atoms with Crippen LogP contribution in [0, 0.1) is 0 Å². The van der Waals surface area contributed by atoms with Crippen molar-refractivity contribution in [3.63, 3.8) is 0 Å². The van der Waals surface area contributed by atoms with E-state index in [0.717, 1.165) is 13.5 Å². The molecule has 0 radical (unpaired) electrons. The van der Waals surface area contributed by atoms with Gasteiger partial charge in [0.15, 0.2) is 6.29 Å². The summed E-state index contributed by atoms with van der Waals surface area (Å²) in [4.78, 5) is 29.3. The number of methoxy groups -OCH3 is 1. The number of aliphatic hydroxyl groups excluding tert-OH is 3. The molecule has 0 aromatic carbocycles. The van der Waals surface area contributed by atoms with Crippen LogP contribution in [0.3, 0.4) is 0 Å². The molecule has 0 bridgehead atoms. The van der Waals surface area contributed by atoms with Crippen LogP contribution in [0.2, 0.25) is 0 Å². The summed E-state index contributed by atoms with van der Waals surface area (Å²) in [7, 11) is -13.1. The molecule has 0 spiro atoms. The quantitative estimate of drug-likeness (QED) is 0.118. The highest BCUT2D eigenvalue weighted by Crippen LogP contribution is 2.52. The summed E-state index contributed by atoms with van der Waals surface area (Å²) in [5, 5.41) is 27.4. The minimum atomic E-state index is -4.79. The van der Waals surface area contributed by atoms with Crippen molar-refractivity contribution in [2.75, 3.05) is 39.4 Å². The van der Waals surface area contributed by atoms with Crippen molar-refractivity contribution in [1.82, 2.24) is 0 Å². The van der Waals surface area contributed by atoms with Gasteiger partial charge in [0.1, 0.15) is 43.5 Å². The minimum absolute atomic E-state index is 0.258. The molecule has 4 unspecified atom stereocenters. The maximum Gasteiger partial charge on any atom is 0.353 e. The standard InChI is InChI=1S/C14H31O15P3/c1-3-4-5-25-6-10-11(27-30(18,19)7-15)12(28-31(20,21)8-16)13(14(24-2)26-10)29-32(22,23)9-17/h10-17H,3-9H2,1-2H3,(H,18,19)(H,20,21)(H,22,23)/t10-,11-,12+,13-,14?/m1/s1. The van der Waals surface area contributed by atoms with Crippen molar-refractivity contribution in [3.8, 4) is 0 Å². The molecule has 1 aliphatic rings. The number of unbranched alkanes of at least 4 members (excludes halogenated alkanes) is 1. The highest BCUT2D eigenvalue weighted by Gasteiger charge is 2.54. The first-order valence-electron chi connectivity index (χ1n) is 9.44. The fraction of sp³-hybridized carbons (Fsp3) is 1.00. The fourth-order valence-corrected chi connectivity index (χ4v) is 4.73. The zero-order valence-electron chi connectivity index (χ0n) is 17.5. The highest BCUT2D eigenvalue weighted by molar-refractivity contribution is 7.53. The highest BCUT2D eigenvalue weighted by atomic mass is 31.2. The monoisotopic (exact) mass is 532 g/mol. The largest absolute Gasteiger partial charge is 0.384 e.